The molecule has 1 aromatic carbocycles. The maximum atomic E-state index is 12.5. The molecule has 2 heterocycles. The Balaban J connectivity index is 2.19. The third-order valence-electron chi connectivity index (χ3n) is 4.18. The molecule has 0 saturated carbocycles. The summed E-state index contributed by atoms with van der Waals surface area (Å²) in [6.45, 7) is 0. The monoisotopic (exact) mass is 354 g/mol. The van der Waals surface area contributed by atoms with E-state index in [0.717, 1.165) is 5.56 Å². The van der Waals surface area contributed by atoms with Crippen LogP contribution in [0.3, 0.4) is 0 Å². The van der Waals surface area contributed by atoms with Crippen LogP contribution < -0.4 is 10.2 Å². The summed E-state index contributed by atoms with van der Waals surface area (Å²) < 4.78 is 9.71. The van der Waals surface area contributed by atoms with E-state index in [1.54, 1.807) is 35.4 Å². The van der Waals surface area contributed by atoms with Gasteiger partial charge in [-0.3, -0.25) is 4.79 Å². The molecule has 0 atom stereocenters. The predicted octanol–water partition coefficient (Wildman–Crippen LogP) is 2.06. The number of carbonyl (C=O) groups is 3. The second-order valence-corrected chi connectivity index (χ2v) is 5.67. The molecule has 0 saturated heterocycles. The molecule has 134 valence electrons. The molecule has 7 heteroatoms. The summed E-state index contributed by atoms with van der Waals surface area (Å²) in [4.78, 5) is 38.0. The fourth-order valence-electron chi connectivity index (χ4n) is 2.98. The van der Waals surface area contributed by atoms with Crippen molar-refractivity contribution in [2.75, 3.05) is 24.4 Å². The van der Waals surface area contributed by atoms with Gasteiger partial charge in [-0.05, 0) is 30.7 Å². The summed E-state index contributed by atoms with van der Waals surface area (Å²) >= 11 is 0. The molecule has 1 aromatic rings. The second-order valence-electron chi connectivity index (χ2n) is 5.67. The Kier molecular flexibility index (Phi) is 4.88. The molecular weight excluding hydrogens is 336 g/mol. The lowest BCUT2D eigenvalue weighted by Gasteiger charge is -2.28. The Morgan fingerprint density at radius 3 is 2.58 bits per heavy atom. The van der Waals surface area contributed by atoms with Gasteiger partial charge in [-0.15, -0.1) is 0 Å². The van der Waals surface area contributed by atoms with E-state index in [0.29, 0.717) is 24.2 Å². The molecule has 1 amide bonds. The molecule has 0 aliphatic carbocycles. The van der Waals surface area contributed by atoms with Gasteiger partial charge in [0.1, 0.15) is 5.70 Å². The molecule has 2 aliphatic heterocycles. The van der Waals surface area contributed by atoms with Crippen molar-refractivity contribution < 1.29 is 23.9 Å². The lowest BCUT2D eigenvalue weighted by Crippen LogP contribution is -2.29. The normalized spacial score (nSPS) is 15.9. The highest BCUT2D eigenvalue weighted by Gasteiger charge is 2.30. The largest absolute Gasteiger partial charge is 0.465 e. The summed E-state index contributed by atoms with van der Waals surface area (Å²) in [5.41, 5.74) is 2.39. The number of esters is 2. The van der Waals surface area contributed by atoms with E-state index in [1.807, 2.05) is 6.07 Å². The van der Waals surface area contributed by atoms with Gasteiger partial charge in [0.15, 0.2) is 0 Å². The van der Waals surface area contributed by atoms with E-state index in [2.05, 4.69) is 5.32 Å². The number of methoxy groups -OCH3 is 2. The van der Waals surface area contributed by atoms with Gasteiger partial charge >= 0.3 is 11.9 Å². The predicted molar refractivity (Wildman–Crippen MR) is 95.2 cm³/mol. The first kappa shape index (κ1) is 17.5. The molecule has 0 spiro atoms. The number of allylic oxidation sites excluding steroid dienone is 2. The average Bonchev–Trinajstić information content (AvgIpc) is 2.88. The molecule has 2 aliphatic rings. The number of fused-ring (bicyclic) bond motifs is 1. The number of benzene rings is 1. The van der Waals surface area contributed by atoms with Crippen LogP contribution in [0.1, 0.15) is 12.0 Å². The third-order valence-corrected chi connectivity index (χ3v) is 4.18. The minimum Gasteiger partial charge on any atom is -0.465 e. The number of carbonyl (C=O) groups excluding carboxylic acids is 3. The van der Waals surface area contributed by atoms with E-state index in [1.165, 1.54) is 20.3 Å². The Bertz CT molecular complexity index is 867. The van der Waals surface area contributed by atoms with Crippen LogP contribution in [0.25, 0.3) is 0 Å². The SMILES string of the molecule is COC(=O)C1=C(C(=O)OC)N(c2cccc3c2CCC(=O)N3)C=CC=C1. The first-order valence-electron chi connectivity index (χ1n) is 8.03. The molecule has 0 aromatic heterocycles. The van der Waals surface area contributed by atoms with Crippen molar-refractivity contribution in [3.8, 4) is 0 Å². The van der Waals surface area contributed by atoms with Crippen molar-refractivity contribution in [1.29, 1.82) is 0 Å². The zero-order valence-electron chi connectivity index (χ0n) is 14.4. The van der Waals surface area contributed by atoms with Gasteiger partial charge in [0, 0.05) is 23.9 Å². The van der Waals surface area contributed by atoms with Crippen molar-refractivity contribution >= 4 is 29.2 Å². The van der Waals surface area contributed by atoms with Crippen molar-refractivity contribution in [3.05, 3.63) is 59.5 Å². The summed E-state index contributed by atoms with van der Waals surface area (Å²) in [5, 5.41) is 2.83. The quantitative estimate of drug-likeness (QED) is 0.837. The molecule has 7 nitrogen and oxygen atoms in total. The van der Waals surface area contributed by atoms with E-state index < -0.39 is 11.9 Å². The number of nitrogens with zero attached hydrogens (tertiary/aromatic N) is 1. The summed E-state index contributed by atoms with van der Waals surface area (Å²) in [5.74, 6) is -1.37. The smallest absolute Gasteiger partial charge is 0.355 e. The molecule has 0 radical (unpaired) electrons. The van der Waals surface area contributed by atoms with Crippen molar-refractivity contribution in [1.82, 2.24) is 0 Å². The topological polar surface area (TPSA) is 84.9 Å². The van der Waals surface area contributed by atoms with E-state index in [9.17, 15) is 14.4 Å². The number of nitrogens with one attached hydrogen (secondary N) is 1. The van der Waals surface area contributed by atoms with Crippen LogP contribution in [0.15, 0.2) is 53.9 Å². The Labute approximate surface area is 150 Å². The van der Waals surface area contributed by atoms with Crippen LogP contribution in [-0.4, -0.2) is 32.1 Å². The highest BCUT2D eigenvalue weighted by Crippen LogP contribution is 2.35. The Morgan fingerprint density at radius 1 is 1.08 bits per heavy atom. The fraction of sp³-hybridized carbons (Fsp3) is 0.211. The third kappa shape index (κ3) is 3.11. The summed E-state index contributed by atoms with van der Waals surface area (Å²) in [6.07, 6.45) is 7.40. The van der Waals surface area contributed by atoms with Gasteiger partial charge in [-0.1, -0.05) is 12.1 Å². The average molecular weight is 354 g/mol. The Hall–Kier alpha value is -3.35. The van der Waals surface area contributed by atoms with Gasteiger partial charge in [0.25, 0.3) is 0 Å². The van der Waals surface area contributed by atoms with Crippen LogP contribution in [0, 0.1) is 0 Å². The standard InChI is InChI=1S/C19H18N2O5/c1-25-18(23)13-6-3-4-11-21(17(13)19(24)26-2)15-8-5-7-14-12(15)9-10-16(22)20-14/h3-8,11H,9-10H2,1-2H3,(H,20,22). The molecule has 3 rings (SSSR count). The van der Waals surface area contributed by atoms with Crippen molar-refractivity contribution in [2.24, 2.45) is 0 Å². The molecule has 26 heavy (non-hydrogen) atoms. The maximum Gasteiger partial charge on any atom is 0.355 e. The number of ether oxygens (including phenoxy) is 2. The number of hydrogen-bond acceptors (Lipinski definition) is 6. The van der Waals surface area contributed by atoms with E-state index in [4.69, 9.17) is 9.47 Å². The lowest BCUT2D eigenvalue weighted by atomic mass is 9.99. The molecule has 0 bridgehead atoms. The summed E-state index contributed by atoms with van der Waals surface area (Å²) in [7, 11) is 2.50. The highest BCUT2D eigenvalue weighted by molar-refractivity contribution is 6.06. The minimum absolute atomic E-state index is 0.0506. The van der Waals surface area contributed by atoms with Crippen LogP contribution in [0.4, 0.5) is 11.4 Å². The zero-order chi connectivity index (χ0) is 18.7. The van der Waals surface area contributed by atoms with Gasteiger partial charge in [-0.2, -0.15) is 0 Å². The van der Waals surface area contributed by atoms with Crippen LogP contribution in [0.5, 0.6) is 0 Å². The maximum absolute atomic E-state index is 12.5. The Morgan fingerprint density at radius 2 is 1.85 bits per heavy atom. The molecule has 0 fully saturated rings. The molecular formula is C19H18N2O5. The lowest BCUT2D eigenvalue weighted by molar-refractivity contribution is -0.139. The van der Waals surface area contributed by atoms with Crippen LogP contribution in [-0.2, 0) is 30.3 Å². The number of anilines is 2. The van der Waals surface area contributed by atoms with Crippen molar-refractivity contribution in [2.45, 2.75) is 12.8 Å². The number of rotatable bonds is 3. The van der Waals surface area contributed by atoms with E-state index >= 15 is 0 Å². The van der Waals surface area contributed by atoms with Gasteiger partial charge in [0.2, 0.25) is 5.91 Å². The molecule has 0 unspecified atom stereocenters. The highest BCUT2D eigenvalue weighted by atomic mass is 16.5. The number of amides is 1. The van der Waals surface area contributed by atoms with Gasteiger partial charge in [-0.25, -0.2) is 9.59 Å². The first-order chi connectivity index (χ1) is 12.6. The fourth-order valence-corrected chi connectivity index (χ4v) is 2.98. The second kappa shape index (κ2) is 7.26. The zero-order valence-corrected chi connectivity index (χ0v) is 14.4. The summed E-state index contributed by atoms with van der Waals surface area (Å²) in [6, 6.07) is 5.40. The van der Waals surface area contributed by atoms with Crippen molar-refractivity contribution in [3.63, 3.8) is 0 Å². The number of hydrogen-bond donors (Lipinski definition) is 1. The van der Waals surface area contributed by atoms with Gasteiger partial charge in [0.05, 0.1) is 25.5 Å². The van der Waals surface area contributed by atoms with E-state index in [-0.39, 0.29) is 17.2 Å². The van der Waals surface area contributed by atoms with Crippen LogP contribution >= 0.6 is 0 Å². The minimum atomic E-state index is -0.668. The first-order valence-corrected chi connectivity index (χ1v) is 8.03. The van der Waals surface area contributed by atoms with Crippen LogP contribution in [0.2, 0.25) is 0 Å². The molecule has 1 N–H and O–H groups in total. The van der Waals surface area contributed by atoms with Gasteiger partial charge < -0.3 is 19.7 Å².